The number of piperidine rings is 1. The van der Waals surface area contributed by atoms with E-state index in [1.807, 2.05) is 0 Å². The fourth-order valence-electron chi connectivity index (χ4n) is 1.58. The number of nitrogens with one attached hydrogen (secondary N) is 2. The molecule has 2 atom stereocenters. The third-order valence-corrected chi connectivity index (χ3v) is 2.48. The summed E-state index contributed by atoms with van der Waals surface area (Å²) in [7, 11) is 0. The van der Waals surface area contributed by atoms with Crippen molar-refractivity contribution in [1.29, 1.82) is 0 Å². The smallest absolute Gasteiger partial charge is 0.0193 e. The van der Waals surface area contributed by atoms with Crippen molar-refractivity contribution in [3.05, 3.63) is 0 Å². The minimum atomic E-state index is 0.712. The first kappa shape index (κ1) is 10.0. The van der Waals surface area contributed by atoms with E-state index in [0.29, 0.717) is 6.04 Å². The first-order valence-corrected chi connectivity index (χ1v) is 5.15. The van der Waals surface area contributed by atoms with E-state index >= 15 is 0 Å². The number of hydrogen-bond acceptors (Lipinski definition) is 2. The molecule has 2 heteroatoms. The highest BCUT2D eigenvalue weighted by molar-refractivity contribution is 4.79. The van der Waals surface area contributed by atoms with Gasteiger partial charge in [-0.05, 0) is 32.2 Å². The molecule has 0 aliphatic carbocycles. The summed E-state index contributed by atoms with van der Waals surface area (Å²) in [5.41, 5.74) is 0. The van der Waals surface area contributed by atoms with Crippen LogP contribution in [-0.4, -0.2) is 25.2 Å². The second kappa shape index (κ2) is 4.83. The van der Waals surface area contributed by atoms with Crippen molar-refractivity contribution in [2.24, 2.45) is 5.92 Å². The average molecular weight is 170 g/mol. The first-order chi connectivity index (χ1) is 5.68. The van der Waals surface area contributed by atoms with Crippen molar-refractivity contribution < 1.29 is 0 Å². The summed E-state index contributed by atoms with van der Waals surface area (Å²) >= 11 is 0. The van der Waals surface area contributed by atoms with Crippen LogP contribution in [0.2, 0.25) is 0 Å². The van der Waals surface area contributed by atoms with Gasteiger partial charge < -0.3 is 10.6 Å². The Morgan fingerprint density at radius 3 is 2.67 bits per heavy atom. The molecule has 1 heterocycles. The lowest BCUT2D eigenvalue weighted by molar-refractivity contribution is 0.329. The molecule has 1 aliphatic heterocycles. The zero-order valence-electron chi connectivity index (χ0n) is 8.56. The minimum absolute atomic E-state index is 0.712. The molecule has 0 aromatic carbocycles. The van der Waals surface area contributed by atoms with Crippen molar-refractivity contribution in [3.8, 4) is 0 Å². The molecule has 0 aromatic heterocycles. The van der Waals surface area contributed by atoms with Crippen molar-refractivity contribution >= 4 is 0 Å². The fraction of sp³-hybridized carbons (Fsp3) is 1.00. The molecule has 1 saturated heterocycles. The predicted octanol–water partition coefficient (Wildman–Crippen LogP) is 1.37. The van der Waals surface area contributed by atoms with E-state index in [1.54, 1.807) is 0 Å². The van der Waals surface area contributed by atoms with Gasteiger partial charge in [-0.2, -0.15) is 0 Å². The Hall–Kier alpha value is -0.0800. The molecule has 2 N–H and O–H groups in total. The maximum atomic E-state index is 3.58. The predicted molar refractivity (Wildman–Crippen MR) is 53.3 cm³/mol. The monoisotopic (exact) mass is 170 g/mol. The van der Waals surface area contributed by atoms with Crippen molar-refractivity contribution in [1.82, 2.24) is 10.6 Å². The van der Waals surface area contributed by atoms with E-state index < -0.39 is 0 Å². The third kappa shape index (κ3) is 3.55. The highest BCUT2D eigenvalue weighted by Gasteiger charge is 2.16. The summed E-state index contributed by atoms with van der Waals surface area (Å²) in [6.07, 6.45) is 2.65. The molecule has 2 unspecified atom stereocenters. The van der Waals surface area contributed by atoms with Crippen LogP contribution in [0.4, 0.5) is 0 Å². The van der Waals surface area contributed by atoms with Crippen LogP contribution in [0.25, 0.3) is 0 Å². The van der Waals surface area contributed by atoms with Gasteiger partial charge >= 0.3 is 0 Å². The Balaban J connectivity index is 2.09. The van der Waals surface area contributed by atoms with Crippen LogP contribution in [-0.2, 0) is 0 Å². The molecule has 1 rings (SSSR count). The summed E-state index contributed by atoms with van der Waals surface area (Å²) in [4.78, 5) is 0. The van der Waals surface area contributed by atoms with Crippen LogP contribution < -0.4 is 10.6 Å². The van der Waals surface area contributed by atoms with Gasteiger partial charge in [0.1, 0.15) is 0 Å². The molecule has 0 amide bonds. The van der Waals surface area contributed by atoms with Crippen molar-refractivity contribution in [2.75, 3.05) is 13.1 Å². The van der Waals surface area contributed by atoms with Crippen LogP contribution in [0.3, 0.4) is 0 Å². The SMILES string of the molecule is CC(C)CNC1CCC(C)NC1. The van der Waals surface area contributed by atoms with E-state index in [1.165, 1.54) is 12.8 Å². The van der Waals surface area contributed by atoms with Gasteiger partial charge in [-0.15, -0.1) is 0 Å². The first-order valence-electron chi connectivity index (χ1n) is 5.15. The Bertz CT molecular complexity index is 115. The van der Waals surface area contributed by atoms with Gasteiger partial charge in [0.2, 0.25) is 0 Å². The summed E-state index contributed by atoms with van der Waals surface area (Å²) in [5, 5.41) is 7.07. The van der Waals surface area contributed by atoms with Gasteiger partial charge in [0.15, 0.2) is 0 Å². The van der Waals surface area contributed by atoms with Crippen molar-refractivity contribution in [2.45, 2.75) is 45.7 Å². The van der Waals surface area contributed by atoms with Crippen LogP contribution >= 0.6 is 0 Å². The molecule has 0 saturated carbocycles. The lowest BCUT2D eigenvalue weighted by Gasteiger charge is -2.28. The maximum Gasteiger partial charge on any atom is 0.0193 e. The van der Waals surface area contributed by atoms with Gasteiger partial charge in [-0.25, -0.2) is 0 Å². The highest BCUT2D eigenvalue weighted by atomic mass is 15.0. The zero-order chi connectivity index (χ0) is 8.97. The molecule has 0 radical (unpaired) electrons. The zero-order valence-corrected chi connectivity index (χ0v) is 8.56. The van der Waals surface area contributed by atoms with Gasteiger partial charge in [0.05, 0.1) is 0 Å². The number of hydrogen-bond donors (Lipinski definition) is 2. The molecule has 0 bridgehead atoms. The molecule has 12 heavy (non-hydrogen) atoms. The standard InChI is InChI=1S/C10H22N2/c1-8(2)6-12-10-5-4-9(3)11-7-10/h8-12H,4-7H2,1-3H3. The van der Waals surface area contributed by atoms with Crippen LogP contribution in [0.15, 0.2) is 0 Å². The normalized spacial score (nSPS) is 31.0. The second-order valence-corrected chi connectivity index (χ2v) is 4.39. The maximum absolute atomic E-state index is 3.58. The lowest BCUT2D eigenvalue weighted by atomic mass is 10.0. The molecular formula is C10H22N2. The van der Waals surface area contributed by atoms with E-state index in [0.717, 1.165) is 25.0 Å². The molecule has 0 spiro atoms. The average Bonchev–Trinajstić information content (AvgIpc) is 2.03. The van der Waals surface area contributed by atoms with Gasteiger partial charge in [0, 0.05) is 18.6 Å². The fourth-order valence-corrected chi connectivity index (χ4v) is 1.58. The van der Waals surface area contributed by atoms with E-state index in [4.69, 9.17) is 0 Å². The molecule has 72 valence electrons. The van der Waals surface area contributed by atoms with Crippen LogP contribution in [0, 0.1) is 5.92 Å². The molecule has 1 aliphatic rings. The summed E-state index contributed by atoms with van der Waals surface area (Å²) in [6.45, 7) is 9.07. The topological polar surface area (TPSA) is 24.1 Å². The Morgan fingerprint density at radius 1 is 1.42 bits per heavy atom. The Morgan fingerprint density at radius 2 is 2.17 bits per heavy atom. The lowest BCUT2D eigenvalue weighted by Crippen LogP contribution is -2.47. The highest BCUT2D eigenvalue weighted by Crippen LogP contribution is 2.07. The second-order valence-electron chi connectivity index (χ2n) is 4.39. The van der Waals surface area contributed by atoms with Gasteiger partial charge in [-0.3, -0.25) is 0 Å². The summed E-state index contributed by atoms with van der Waals surface area (Å²) < 4.78 is 0. The van der Waals surface area contributed by atoms with E-state index in [2.05, 4.69) is 31.4 Å². The Kier molecular flexibility index (Phi) is 4.02. The molecule has 1 fully saturated rings. The van der Waals surface area contributed by atoms with Crippen LogP contribution in [0.1, 0.15) is 33.6 Å². The summed E-state index contributed by atoms with van der Waals surface area (Å²) in [6, 6.07) is 1.44. The van der Waals surface area contributed by atoms with E-state index in [9.17, 15) is 0 Å². The third-order valence-electron chi connectivity index (χ3n) is 2.48. The van der Waals surface area contributed by atoms with Crippen molar-refractivity contribution in [3.63, 3.8) is 0 Å². The quantitative estimate of drug-likeness (QED) is 0.668. The molecular weight excluding hydrogens is 148 g/mol. The molecule has 0 aromatic rings. The van der Waals surface area contributed by atoms with Gasteiger partial charge in [-0.1, -0.05) is 13.8 Å². The molecule has 2 nitrogen and oxygen atoms in total. The largest absolute Gasteiger partial charge is 0.313 e. The van der Waals surface area contributed by atoms with E-state index in [-0.39, 0.29) is 0 Å². The minimum Gasteiger partial charge on any atom is -0.313 e. The van der Waals surface area contributed by atoms with Crippen LogP contribution in [0.5, 0.6) is 0 Å². The summed E-state index contributed by atoms with van der Waals surface area (Å²) in [5.74, 6) is 0.768. The number of rotatable bonds is 3. The van der Waals surface area contributed by atoms with Gasteiger partial charge in [0.25, 0.3) is 0 Å². The Labute approximate surface area is 76.1 Å².